The van der Waals surface area contributed by atoms with E-state index in [2.05, 4.69) is 0 Å². The van der Waals surface area contributed by atoms with Gasteiger partial charge in [-0.3, -0.25) is 4.55 Å². The topological polar surface area (TPSA) is 66.8 Å². The van der Waals surface area contributed by atoms with E-state index < -0.39 is 10.1 Å². The van der Waals surface area contributed by atoms with Crippen LogP contribution in [0.5, 0.6) is 0 Å². The third-order valence-electron chi connectivity index (χ3n) is 2.49. The lowest BCUT2D eigenvalue weighted by Gasteiger charge is -2.14. The van der Waals surface area contributed by atoms with Gasteiger partial charge in [0.1, 0.15) is 4.90 Å². The zero-order valence-electron chi connectivity index (χ0n) is 9.33. The molecule has 0 bridgehead atoms. The molecule has 5 nitrogen and oxygen atoms in total. The summed E-state index contributed by atoms with van der Waals surface area (Å²) >= 11 is 0. The predicted octanol–water partition coefficient (Wildman–Crippen LogP) is 1.54. The molecule has 1 aromatic carbocycles. The quantitative estimate of drug-likeness (QED) is 0.830. The maximum Gasteiger partial charge on any atom is 0.295 e. The van der Waals surface area contributed by atoms with E-state index in [9.17, 15) is 8.42 Å². The summed E-state index contributed by atoms with van der Waals surface area (Å²) in [5, 5.41) is 1.69. The Kier molecular flexibility index (Phi) is 3.19. The molecule has 1 aliphatic heterocycles. The zero-order chi connectivity index (χ0) is 12.5. The van der Waals surface area contributed by atoms with Gasteiger partial charge < -0.3 is 4.84 Å². The SMILES string of the molecule is CCN1CC=C(c2ccccc2S(=O)(=O)O)O1. The molecule has 92 valence electrons. The minimum absolute atomic E-state index is 0.135. The smallest absolute Gasteiger partial charge is 0.295 e. The van der Waals surface area contributed by atoms with Crippen LogP contribution < -0.4 is 0 Å². The molecule has 1 aromatic rings. The molecule has 17 heavy (non-hydrogen) atoms. The van der Waals surface area contributed by atoms with Crippen LogP contribution in [0.15, 0.2) is 35.2 Å². The van der Waals surface area contributed by atoms with Crippen LogP contribution in [0.4, 0.5) is 0 Å². The predicted molar refractivity (Wildman–Crippen MR) is 62.6 cm³/mol. The van der Waals surface area contributed by atoms with Gasteiger partial charge >= 0.3 is 0 Å². The molecule has 0 amide bonds. The van der Waals surface area contributed by atoms with E-state index in [4.69, 9.17) is 9.39 Å². The van der Waals surface area contributed by atoms with Crippen LogP contribution in [-0.4, -0.2) is 31.1 Å². The van der Waals surface area contributed by atoms with Crippen molar-refractivity contribution in [1.82, 2.24) is 5.06 Å². The molecule has 0 unspecified atom stereocenters. The first-order valence-corrected chi connectivity index (χ1v) is 6.66. The van der Waals surface area contributed by atoms with Gasteiger partial charge in [0, 0.05) is 12.1 Å². The lowest BCUT2D eigenvalue weighted by Crippen LogP contribution is -2.17. The molecule has 0 aromatic heterocycles. The standard InChI is InChI=1S/C11H13NO4S/c1-2-12-8-7-10(16-12)9-5-3-4-6-11(9)17(13,14)15/h3-7H,2,8H2,1H3,(H,13,14,15). The summed E-state index contributed by atoms with van der Waals surface area (Å²) in [6.07, 6.45) is 1.79. The molecule has 1 aliphatic rings. The van der Waals surface area contributed by atoms with E-state index >= 15 is 0 Å². The van der Waals surface area contributed by atoms with Crippen molar-refractivity contribution in [3.05, 3.63) is 35.9 Å². The van der Waals surface area contributed by atoms with Gasteiger partial charge in [-0.05, 0) is 25.1 Å². The summed E-state index contributed by atoms with van der Waals surface area (Å²) in [4.78, 5) is 5.32. The number of benzene rings is 1. The Labute approximate surface area is 100 Å². The second kappa shape index (κ2) is 4.48. The molecule has 0 saturated carbocycles. The number of likely N-dealkylation sites (N-methyl/N-ethyl adjacent to an activating group) is 1. The van der Waals surface area contributed by atoms with E-state index in [1.54, 1.807) is 29.3 Å². The molecule has 0 fully saturated rings. The average Bonchev–Trinajstić information content (AvgIpc) is 2.76. The van der Waals surface area contributed by atoms with Gasteiger partial charge in [0.05, 0.1) is 6.54 Å². The average molecular weight is 255 g/mol. The molecule has 0 spiro atoms. The van der Waals surface area contributed by atoms with E-state index in [0.29, 0.717) is 24.4 Å². The fourth-order valence-electron chi connectivity index (χ4n) is 1.65. The third kappa shape index (κ3) is 2.49. The van der Waals surface area contributed by atoms with Crippen molar-refractivity contribution < 1.29 is 17.8 Å². The highest BCUT2D eigenvalue weighted by atomic mass is 32.2. The summed E-state index contributed by atoms with van der Waals surface area (Å²) in [6.45, 7) is 3.24. The summed E-state index contributed by atoms with van der Waals surface area (Å²) < 4.78 is 31.6. The van der Waals surface area contributed by atoms with Gasteiger partial charge in [-0.25, -0.2) is 0 Å². The first-order valence-electron chi connectivity index (χ1n) is 5.22. The lowest BCUT2D eigenvalue weighted by atomic mass is 10.2. The fraction of sp³-hybridized carbons (Fsp3) is 0.273. The second-order valence-electron chi connectivity index (χ2n) is 3.61. The van der Waals surface area contributed by atoms with E-state index in [-0.39, 0.29) is 4.90 Å². The molecular formula is C11H13NO4S. The Balaban J connectivity index is 2.41. The second-order valence-corrected chi connectivity index (χ2v) is 5.00. The van der Waals surface area contributed by atoms with Crippen LogP contribution in [0.1, 0.15) is 12.5 Å². The van der Waals surface area contributed by atoms with Crippen LogP contribution in [0.3, 0.4) is 0 Å². The van der Waals surface area contributed by atoms with Gasteiger partial charge in [0.15, 0.2) is 5.76 Å². The van der Waals surface area contributed by atoms with E-state index in [1.165, 1.54) is 6.07 Å². The minimum atomic E-state index is -4.23. The van der Waals surface area contributed by atoms with Crippen LogP contribution in [0.2, 0.25) is 0 Å². The van der Waals surface area contributed by atoms with E-state index in [1.807, 2.05) is 6.92 Å². The van der Waals surface area contributed by atoms with Crippen molar-refractivity contribution in [2.75, 3.05) is 13.1 Å². The van der Waals surface area contributed by atoms with Crippen molar-refractivity contribution in [3.8, 4) is 0 Å². The Morgan fingerprint density at radius 2 is 2.12 bits per heavy atom. The van der Waals surface area contributed by atoms with Crippen molar-refractivity contribution in [2.24, 2.45) is 0 Å². The van der Waals surface area contributed by atoms with Crippen LogP contribution >= 0.6 is 0 Å². The minimum Gasteiger partial charge on any atom is -0.405 e. The first kappa shape index (κ1) is 12.1. The normalized spacial score (nSPS) is 16.7. The van der Waals surface area contributed by atoms with E-state index in [0.717, 1.165) is 0 Å². The van der Waals surface area contributed by atoms with Crippen LogP contribution in [-0.2, 0) is 15.0 Å². The largest absolute Gasteiger partial charge is 0.405 e. The van der Waals surface area contributed by atoms with Gasteiger partial charge in [-0.2, -0.15) is 8.42 Å². The van der Waals surface area contributed by atoms with Crippen molar-refractivity contribution in [1.29, 1.82) is 0 Å². The number of rotatable bonds is 3. The maximum atomic E-state index is 11.2. The molecule has 2 rings (SSSR count). The van der Waals surface area contributed by atoms with Gasteiger partial charge in [0.25, 0.3) is 10.1 Å². The third-order valence-corrected chi connectivity index (χ3v) is 3.40. The number of hydrogen-bond acceptors (Lipinski definition) is 4. The molecule has 1 heterocycles. The zero-order valence-corrected chi connectivity index (χ0v) is 10.1. The molecular weight excluding hydrogens is 242 g/mol. The fourth-order valence-corrected chi connectivity index (χ4v) is 2.34. The molecule has 0 atom stereocenters. The van der Waals surface area contributed by atoms with Crippen molar-refractivity contribution in [3.63, 3.8) is 0 Å². The number of hydroxylamine groups is 2. The van der Waals surface area contributed by atoms with Crippen LogP contribution in [0, 0.1) is 0 Å². The summed E-state index contributed by atoms with van der Waals surface area (Å²) in [7, 11) is -4.23. The summed E-state index contributed by atoms with van der Waals surface area (Å²) in [5.41, 5.74) is 0.381. The molecule has 0 aliphatic carbocycles. The molecule has 1 N–H and O–H groups in total. The van der Waals surface area contributed by atoms with Gasteiger partial charge in [-0.1, -0.05) is 12.1 Å². The highest BCUT2D eigenvalue weighted by Crippen LogP contribution is 2.27. The highest BCUT2D eigenvalue weighted by molar-refractivity contribution is 7.85. The number of nitrogens with zero attached hydrogens (tertiary/aromatic N) is 1. The van der Waals surface area contributed by atoms with Crippen LogP contribution in [0.25, 0.3) is 5.76 Å². The Morgan fingerprint density at radius 3 is 2.71 bits per heavy atom. The number of hydrogen-bond donors (Lipinski definition) is 1. The Morgan fingerprint density at radius 1 is 1.41 bits per heavy atom. The lowest BCUT2D eigenvalue weighted by molar-refractivity contribution is -0.0561. The summed E-state index contributed by atoms with van der Waals surface area (Å²) in [6, 6.07) is 6.21. The van der Waals surface area contributed by atoms with Crippen molar-refractivity contribution in [2.45, 2.75) is 11.8 Å². The Hall–Kier alpha value is -1.37. The first-order chi connectivity index (χ1) is 8.02. The van der Waals surface area contributed by atoms with Crippen molar-refractivity contribution >= 4 is 15.9 Å². The highest BCUT2D eigenvalue weighted by Gasteiger charge is 2.22. The molecule has 6 heteroatoms. The van der Waals surface area contributed by atoms with Gasteiger partial charge in [-0.15, -0.1) is 5.06 Å². The van der Waals surface area contributed by atoms with Gasteiger partial charge in [0.2, 0.25) is 0 Å². The molecule has 0 saturated heterocycles. The molecule has 0 radical (unpaired) electrons. The summed E-state index contributed by atoms with van der Waals surface area (Å²) in [5.74, 6) is 0.458. The monoisotopic (exact) mass is 255 g/mol. The Bertz CT molecular complexity index is 550. The maximum absolute atomic E-state index is 11.2.